The molecular formula is C14H23N3O4. The first-order chi connectivity index (χ1) is 9.90. The molecule has 0 saturated heterocycles. The zero-order valence-electron chi connectivity index (χ0n) is 12.9. The number of aromatic nitrogens is 2. The van der Waals surface area contributed by atoms with Gasteiger partial charge in [-0.15, -0.1) is 0 Å². The second kappa shape index (κ2) is 7.78. The van der Waals surface area contributed by atoms with Crippen LogP contribution >= 0.6 is 0 Å². The fraction of sp³-hybridized carbons (Fsp3) is 0.643. The third-order valence-corrected chi connectivity index (χ3v) is 2.91. The van der Waals surface area contributed by atoms with Crippen LogP contribution in [0.1, 0.15) is 45.2 Å². The Morgan fingerprint density at radius 3 is 2.48 bits per heavy atom. The molecule has 1 atom stereocenters. The number of nitrogen functional groups attached to an aromatic ring is 1. The molecular weight excluding hydrogens is 274 g/mol. The first kappa shape index (κ1) is 17.2. The predicted molar refractivity (Wildman–Crippen MR) is 78.8 cm³/mol. The molecule has 0 aliphatic heterocycles. The lowest BCUT2D eigenvalue weighted by Gasteiger charge is -2.20. The fourth-order valence-corrected chi connectivity index (χ4v) is 1.96. The summed E-state index contributed by atoms with van der Waals surface area (Å²) >= 11 is 0. The van der Waals surface area contributed by atoms with Crippen LogP contribution in [0.5, 0.6) is 0 Å². The van der Waals surface area contributed by atoms with Gasteiger partial charge in [0.05, 0.1) is 18.6 Å². The number of esters is 1. The van der Waals surface area contributed by atoms with Crippen molar-refractivity contribution < 1.29 is 14.3 Å². The van der Waals surface area contributed by atoms with Crippen LogP contribution in [0, 0.1) is 5.92 Å². The van der Waals surface area contributed by atoms with Crippen molar-refractivity contribution in [1.82, 2.24) is 9.97 Å². The van der Waals surface area contributed by atoms with E-state index in [0.29, 0.717) is 12.4 Å². The molecule has 0 amide bonds. The largest absolute Gasteiger partial charge is 0.466 e. The monoisotopic (exact) mass is 297 g/mol. The molecule has 0 aliphatic carbocycles. The lowest BCUT2D eigenvalue weighted by molar-refractivity contribution is -0.142. The van der Waals surface area contributed by atoms with E-state index in [-0.39, 0.29) is 36.4 Å². The first-order valence-corrected chi connectivity index (χ1v) is 7.06. The number of ether oxygens (including phenoxy) is 2. The zero-order valence-corrected chi connectivity index (χ0v) is 12.9. The van der Waals surface area contributed by atoms with Crippen LogP contribution in [0.4, 0.5) is 5.82 Å². The van der Waals surface area contributed by atoms with Crippen LogP contribution in [-0.2, 0) is 20.7 Å². The molecule has 7 heteroatoms. The number of hydrogen-bond donors (Lipinski definition) is 2. The quantitative estimate of drug-likeness (QED) is 0.732. The Hall–Kier alpha value is -1.89. The molecule has 0 bridgehead atoms. The molecule has 1 rings (SSSR count). The van der Waals surface area contributed by atoms with E-state index in [9.17, 15) is 9.59 Å². The van der Waals surface area contributed by atoms with E-state index in [0.717, 1.165) is 0 Å². The summed E-state index contributed by atoms with van der Waals surface area (Å²) in [5.41, 5.74) is 5.49. The number of anilines is 1. The van der Waals surface area contributed by atoms with Gasteiger partial charge in [0.25, 0.3) is 5.56 Å². The van der Waals surface area contributed by atoms with Crippen molar-refractivity contribution in [2.75, 3.05) is 18.9 Å². The fourth-order valence-electron chi connectivity index (χ4n) is 1.96. The Morgan fingerprint density at radius 1 is 1.33 bits per heavy atom. The van der Waals surface area contributed by atoms with Gasteiger partial charge in [0.15, 0.2) is 0 Å². The number of carbonyl (C=O) groups excluding carboxylic acids is 1. The SMILES string of the molecule is CCOC(=O)Cc1c(N)nc(C(OCC)C(C)C)[nH]c1=O. The summed E-state index contributed by atoms with van der Waals surface area (Å²) < 4.78 is 10.4. The van der Waals surface area contributed by atoms with Gasteiger partial charge in [-0.2, -0.15) is 0 Å². The second-order valence-electron chi connectivity index (χ2n) is 4.92. The van der Waals surface area contributed by atoms with Crippen molar-refractivity contribution in [2.24, 2.45) is 5.92 Å². The van der Waals surface area contributed by atoms with Gasteiger partial charge in [0.1, 0.15) is 17.7 Å². The van der Waals surface area contributed by atoms with Crippen molar-refractivity contribution in [2.45, 2.75) is 40.2 Å². The van der Waals surface area contributed by atoms with Crippen molar-refractivity contribution in [1.29, 1.82) is 0 Å². The average molecular weight is 297 g/mol. The number of carbonyl (C=O) groups is 1. The van der Waals surface area contributed by atoms with Gasteiger partial charge in [-0.05, 0) is 19.8 Å². The van der Waals surface area contributed by atoms with Gasteiger partial charge in [-0.25, -0.2) is 4.98 Å². The maximum atomic E-state index is 12.1. The van der Waals surface area contributed by atoms with E-state index < -0.39 is 11.5 Å². The summed E-state index contributed by atoms with van der Waals surface area (Å²) in [4.78, 5) is 30.4. The van der Waals surface area contributed by atoms with Gasteiger partial charge in [0.2, 0.25) is 0 Å². The molecule has 0 spiro atoms. The number of H-pyrrole nitrogens is 1. The van der Waals surface area contributed by atoms with Crippen LogP contribution in [-0.4, -0.2) is 29.2 Å². The molecule has 0 fully saturated rings. The van der Waals surface area contributed by atoms with Crippen LogP contribution in [0.2, 0.25) is 0 Å². The Bertz CT molecular complexity index is 540. The maximum absolute atomic E-state index is 12.1. The van der Waals surface area contributed by atoms with Crippen molar-refractivity contribution in [3.8, 4) is 0 Å². The standard InChI is InChI=1S/C14H23N3O4/c1-5-20-10(18)7-9-12(15)16-13(17-14(9)19)11(8(3)4)21-6-2/h8,11H,5-7H2,1-4H3,(H3,15,16,17,19). The zero-order chi connectivity index (χ0) is 16.0. The summed E-state index contributed by atoms with van der Waals surface area (Å²) in [6.45, 7) is 8.24. The molecule has 1 unspecified atom stereocenters. The van der Waals surface area contributed by atoms with Crippen LogP contribution in [0.15, 0.2) is 4.79 Å². The lowest BCUT2D eigenvalue weighted by Crippen LogP contribution is -2.26. The minimum atomic E-state index is -0.505. The van der Waals surface area contributed by atoms with Gasteiger partial charge in [-0.1, -0.05) is 13.8 Å². The molecule has 1 heterocycles. The third-order valence-electron chi connectivity index (χ3n) is 2.91. The minimum Gasteiger partial charge on any atom is -0.466 e. The van der Waals surface area contributed by atoms with E-state index in [2.05, 4.69) is 9.97 Å². The smallest absolute Gasteiger partial charge is 0.310 e. The van der Waals surface area contributed by atoms with Crippen molar-refractivity contribution in [3.63, 3.8) is 0 Å². The van der Waals surface area contributed by atoms with E-state index in [4.69, 9.17) is 15.2 Å². The van der Waals surface area contributed by atoms with Gasteiger partial charge < -0.3 is 20.2 Å². The molecule has 0 saturated carbocycles. The molecule has 1 aromatic rings. The predicted octanol–water partition coefficient (Wildman–Crippen LogP) is 1.19. The number of nitrogens with one attached hydrogen (secondary N) is 1. The molecule has 0 radical (unpaired) electrons. The number of nitrogens with two attached hydrogens (primary N) is 1. The van der Waals surface area contributed by atoms with E-state index in [1.807, 2.05) is 20.8 Å². The highest BCUT2D eigenvalue weighted by Crippen LogP contribution is 2.23. The summed E-state index contributed by atoms with van der Waals surface area (Å²) in [6, 6.07) is 0. The summed E-state index contributed by atoms with van der Waals surface area (Å²) in [5, 5.41) is 0. The first-order valence-electron chi connectivity index (χ1n) is 7.06. The second-order valence-corrected chi connectivity index (χ2v) is 4.92. The highest BCUT2D eigenvalue weighted by atomic mass is 16.5. The van der Waals surface area contributed by atoms with Crippen molar-refractivity contribution in [3.05, 3.63) is 21.7 Å². The summed E-state index contributed by atoms with van der Waals surface area (Å²) in [7, 11) is 0. The molecule has 0 aliphatic rings. The number of aromatic amines is 1. The maximum Gasteiger partial charge on any atom is 0.310 e. The normalized spacial score (nSPS) is 12.4. The highest BCUT2D eigenvalue weighted by Gasteiger charge is 2.21. The minimum absolute atomic E-state index is 0.0344. The Labute approximate surface area is 123 Å². The van der Waals surface area contributed by atoms with Gasteiger partial charge in [0, 0.05) is 6.61 Å². The molecule has 7 nitrogen and oxygen atoms in total. The van der Waals surface area contributed by atoms with Gasteiger partial charge >= 0.3 is 5.97 Å². The van der Waals surface area contributed by atoms with Crippen LogP contribution in [0.25, 0.3) is 0 Å². The molecule has 3 N–H and O–H groups in total. The Balaban J connectivity index is 3.09. The van der Waals surface area contributed by atoms with Gasteiger partial charge in [-0.3, -0.25) is 9.59 Å². The Morgan fingerprint density at radius 2 is 2.00 bits per heavy atom. The molecule has 0 aromatic carbocycles. The molecule has 21 heavy (non-hydrogen) atoms. The van der Waals surface area contributed by atoms with E-state index >= 15 is 0 Å². The van der Waals surface area contributed by atoms with Crippen LogP contribution in [0.3, 0.4) is 0 Å². The molecule has 1 aromatic heterocycles. The topological polar surface area (TPSA) is 107 Å². The summed E-state index contributed by atoms with van der Waals surface area (Å²) in [6.07, 6.45) is -0.537. The van der Waals surface area contributed by atoms with Crippen molar-refractivity contribution >= 4 is 11.8 Å². The van der Waals surface area contributed by atoms with Crippen LogP contribution < -0.4 is 11.3 Å². The molecule has 118 valence electrons. The van der Waals surface area contributed by atoms with E-state index in [1.54, 1.807) is 6.92 Å². The third kappa shape index (κ3) is 4.56. The Kier molecular flexibility index (Phi) is 6.36. The highest BCUT2D eigenvalue weighted by molar-refractivity contribution is 5.74. The number of hydrogen-bond acceptors (Lipinski definition) is 6. The average Bonchev–Trinajstić information content (AvgIpc) is 2.40. The number of rotatable bonds is 7. The summed E-state index contributed by atoms with van der Waals surface area (Å²) in [5.74, 6) is 0.0342. The number of nitrogens with zero attached hydrogens (tertiary/aromatic N) is 1. The van der Waals surface area contributed by atoms with E-state index in [1.165, 1.54) is 0 Å². The lowest BCUT2D eigenvalue weighted by atomic mass is 10.1.